The molecule has 0 bridgehead atoms. The first-order valence-corrected chi connectivity index (χ1v) is 6.65. The van der Waals surface area contributed by atoms with E-state index in [4.69, 9.17) is 0 Å². The summed E-state index contributed by atoms with van der Waals surface area (Å²) < 4.78 is 0. The number of rotatable bonds is 2. The van der Waals surface area contributed by atoms with Crippen molar-refractivity contribution >= 4 is 5.78 Å². The van der Waals surface area contributed by atoms with Gasteiger partial charge in [-0.3, -0.25) is 4.79 Å². The van der Waals surface area contributed by atoms with Gasteiger partial charge in [-0.2, -0.15) is 0 Å². The predicted molar refractivity (Wildman–Crippen MR) is 76.4 cm³/mol. The molecule has 1 aliphatic rings. The fraction of sp³-hybridized carbons (Fsp3) is 0.235. The summed E-state index contributed by atoms with van der Waals surface area (Å²) in [6, 6.07) is 16.1. The second kappa shape index (κ2) is 4.98. The van der Waals surface area contributed by atoms with Crippen molar-refractivity contribution in [2.45, 2.75) is 19.4 Å². The van der Waals surface area contributed by atoms with Crippen molar-refractivity contribution < 1.29 is 4.79 Å². The van der Waals surface area contributed by atoms with Gasteiger partial charge in [-0.25, -0.2) is 0 Å². The molecule has 0 fully saturated rings. The molecule has 0 aromatic heterocycles. The number of hydrogen-bond donors (Lipinski definition) is 1. The number of ketones is 1. The maximum Gasteiger partial charge on any atom is 0.171 e. The SMILES string of the molecule is Cc1ccc(C(=O)C2CNCc3ccccc32)cc1. The fourth-order valence-corrected chi connectivity index (χ4v) is 2.65. The van der Waals surface area contributed by atoms with Crippen LogP contribution in [0.4, 0.5) is 0 Å². The Bertz CT molecular complexity index is 601. The Kier molecular flexibility index (Phi) is 3.18. The molecule has 1 aliphatic heterocycles. The first-order valence-electron chi connectivity index (χ1n) is 6.65. The molecule has 96 valence electrons. The lowest BCUT2D eigenvalue weighted by Gasteiger charge is -2.25. The molecule has 3 rings (SSSR count). The van der Waals surface area contributed by atoms with Crippen LogP contribution < -0.4 is 5.32 Å². The summed E-state index contributed by atoms with van der Waals surface area (Å²) in [5.41, 5.74) is 4.39. The highest BCUT2D eigenvalue weighted by Gasteiger charge is 2.26. The Labute approximate surface area is 113 Å². The second-order valence-electron chi connectivity index (χ2n) is 5.11. The molecule has 0 amide bonds. The molecule has 0 aliphatic carbocycles. The number of carbonyl (C=O) groups excluding carboxylic acids is 1. The highest BCUT2D eigenvalue weighted by Crippen LogP contribution is 2.27. The van der Waals surface area contributed by atoms with Crippen LogP contribution in [0.2, 0.25) is 0 Å². The van der Waals surface area contributed by atoms with Gasteiger partial charge in [0.2, 0.25) is 0 Å². The van der Waals surface area contributed by atoms with E-state index in [1.165, 1.54) is 16.7 Å². The van der Waals surface area contributed by atoms with E-state index in [0.29, 0.717) is 0 Å². The van der Waals surface area contributed by atoms with E-state index in [1.807, 2.05) is 43.3 Å². The average molecular weight is 251 g/mol. The van der Waals surface area contributed by atoms with E-state index in [-0.39, 0.29) is 11.7 Å². The maximum atomic E-state index is 12.6. The van der Waals surface area contributed by atoms with Gasteiger partial charge in [-0.15, -0.1) is 0 Å². The van der Waals surface area contributed by atoms with Crippen LogP contribution in [-0.2, 0) is 6.54 Å². The molecule has 2 aromatic carbocycles. The molecule has 2 nitrogen and oxygen atoms in total. The Balaban J connectivity index is 1.95. The van der Waals surface area contributed by atoms with Gasteiger partial charge in [-0.1, -0.05) is 54.1 Å². The third-order valence-corrected chi connectivity index (χ3v) is 3.75. The largest absolute Gasteiger partial charge is 0.312 e. The number of aryl methyl sites for hydroxylation is 1. The molecule has 0 saturated carbocycles. The van der Waals surface area contributed by atoms with Crippen LogP contribution in [0.15, 0.2) is 48.5 Å². The number of fused-ring (bicyclic) bond motifs is 1. The number of nitrogens with one attached hydrogen (secondary N) is 1. The zero-order chi connectivity index (χ0) is 13.2. The van der Waals surface area contributed by atoms with Gasteiger partial charge in [0.15, 0.2) is 5.78 Å². The molecule has 0 spiro atoms. The van der Waals surface area contributed by atoms with Gasteiger partial charge in [-0.05, 0) is 18.1 Å². The van der Waals surface area contributed by atoms with E-state index in [0.717, 1.165) is 18.7 Å². The lowest BCUT2D eigenvalue weighted by atomic mass is 9.85. The first-order chi connectivity index (χ1) is 9.25. The summed E-state index contributed by atoms with van der Waals surface area (Å²) in [6.45, 7) is 3.61. The molecular weight excluding hydrogens is 234 g/mol. The van der Waals surface area contributed by atoms with E-state index in [9.17, 15) is 4.79 Å². The number of Topliss-reactive ketones (excluding diaryl/α,β-unsaturated/α-hetero) is 1. The number of hydrogen-bond acceptors (Lipinski definition) is 2. The van der Waals surface area contributed by atoms with Crippen molar-refractivity contribution in [2.75, 3.05) is 6.54 Å². The van der Waals surface area contributed by atoms with Gasteiger partial charge < -0.3 is 5.32 Å². The number of benzene rings is 2. The Morgan fingerprint density at radius 1 is 1.11 bits per heavy atom. The normalized spacial score (nSPS) is 17.8. The molecule has 2 heteroatoms. The van der Waals surface area contributed by atoms with Crippen LogP contribution >= 0.6 is 0 Å². The summed E-state index contributed by atoms with van der Waals surface area (Å²) >= 11 is 0. The van der Waals surface area contributed by atoms with Gasteiger partial charge in [0.1, 0.15) is 0 Å². The molecular formula is C17H17NO. The molecule has 19 heavy (non-hydrogen) atoms. The first kappa shape index (κ1) is 12.1. The van der Waals surface area contributed by atoms with E-state index in [1.54, 1.807) is 0 Å². The van der Waals surface area contributed by atoms with Gasteiger partial charge >= 0.3 is 0 Å². The smallest absolute Gasteiger partial charge is 0.171 e. The maximum absolute atomic E-state index is 12.6. The molecule has 1 unspecified atom stereocenters. The van der Waals surface area contributed by atoms with Crippen LogP contribution in [-0.4, -0.2) is 12.3 Å². The van der Waals surface area contributed by atoms with Crippen molar-refractivity contribution in [3.05, 3.63) is 70.8 Å². The number of carbonyl (C=O) groups is 1. The summed E-state index contributed by atoms with van der Waals surface area (Å²) in [4.78, 5) is 12.6. The summed E-state index contributed by atoms with van der Waals surface area (Å²) in [6.07, 6.45) is 0. The van der Waals surface area contributed by atoms with E-state index in [2.05, 4.69) is 17.4 Å². The van der Waals surface area contributed by atoms with E-state index >= 15 is 0 Å². The van der Waals surface area contributed by atoms with Crippen LogP contribution in [0.5, 0.6) is 0 Å². The Morgan fingerprint density at radius 2 is 1.84 bits per heavy atom. The van der Waals surface area contributed by atoms with Gasteiger partial charge in [0.05, 0.1) is 5.92 Å². The standard InChI is InChI=1S/C17H17NO/c1-12-6-8-13(9-7-12)17(19)16-11-18-10-14-4-2-3-5-15(14)16/h2-9,16,18H,10-11H2,1H3. The van der Waals surface area contributed by atoms with Gasteiger partial charge in [0, 0.05) is 18.7 Å². The van der Waals surface area contributed by atoms with E-state index < -0.39 is 0 Å². The van der Waals surface area contributed by atoms with Crippen molar-refractivity contribution in [2.24, 2.45) is 0 Å². The highest BCUT2D eigenvalue weighted by atomic mass is 16.1. The Hall–Kier alpha value is -1.93. The van der Waals surface area contributed by atoms with Crippen molar-refractivity contribution in [3.8, 4) is 0 Å². The zero-order valence-corrected chi connectivity index (χ0v) is 11.0. The highest BCUT2D eigenvalue weighted by molar-refractivity contribution is 6.01. The summed E-state index contributed by atoms with van der Waals surface area (Å²) in [7, 11) is 0. The molecule has 0 saturated heterocycles. The molecule has 1 atom stereocenters. The van der Waals surface area contributed by atoms with Crippen molar-refractivity contribution in [1.82, 2.24) is 5.32 Å². The minimum atomic E-state index is -0.0624. The third-order valence-electron chi connectivity index (χ3n) is 3.75. The zero-order valence-electron chi connectivity index (χ0n) is 11.0. The molecule has 1 N–H and O–H groups in total. The lowest BCUT2D eigenvalue weighted by Crippen LogP contribution is -2.32. The summed E-state index contributed by atoms with van der Waals surface area (Å²) in [5, 5.41) is 3.33. The average Bonchev–Trinajstić information content (AvgIpc) is 2.47. The summed E-state index contributed by atoms with van der Waals surface area (Å²) in [5.74, 6) is 0.146. The topological polar surface area (TPSA) is 29.1 Å². The van der Waals surface area contributed by atoms with Crippen LogP contribution in [0, 0.1) is 6.92 Å². The fourth-order valence-electron chi connectivity index (χ4n) is 2.65. The van der Waals surface area contributed by atoms with Gasteiger partial charge in [0.25, 0.3) is 0 Å². The van der Waals surface area contributed by atoms with Crippen LogP contribution in [0.1, 0.15) is 33.0 Å². The van der Waals surface area contributed by atoms with Crippen LogP contribution in [0.3, 0.4) is 0 Å². The minimum Gasteiger partial charge on any atom is -0.312 e. The molecule has 2 aromatic rings. The Morgan fingerprint density at radius 3 is 2.63 bits per heavy atom. The van der Waals surface area contributed by atoms with Crippen molar-refractivity contribution in [3.63, 3.8) is 0 Å². The molecule has 1 heterocycles. The predicted octanol–water partition coefficient (Wildman–Crippen LogP) is 3.06. The quantitative estimate of drug-likeness (QED) is 0.831. The third kappa shape index (κ3) is 2.32. The monoisotopic (exact) mass is 251 g/mol. The van der Waals surface area contributed by atoms with Crippen molar-refractivity contribution in [1.29, 1.82) is 0 Å². The molecule has 0 radical (unpaired) electrons. The van der Waals surface area contributed by atoms with Crippen LogP contribution in [0.25, 0.3) is 0 Å². The second-order valence-corrected chi connectivity index (χ2v) is 5.11. The lowest BCUT2D eigenvalue weighted by molar-refractivity contribution is 0.0955. The minimum absolute atomic E-state index is 0.0624.